The minimum Gasteiger partial charge on any atom is -0.324 e. The molecule has 2 N–H and O–H groups in total. The molecule has 1 aromatic carbocycles. The van der Waals surface area contributed by atoms with Gasteiger partial charge in [0.15, 0.2) is 0 Å². The van der Waals surface area contributed by atoms with Crippen LogP contribution in [0.25, 0.3) is 0 Å². The number of rotatable bonds is 3. The fourth-order valence-electron chi connectivity index (χ4n) is 2.33. The second kappa shape index (κ2) is 6.47. The van der Waals surface area contributed by atoms with E-state index in [4.69, 9.17) is 0 Å². The Hall–Kier alpha value is -1.95. The third-order valence-corrected chi connectivity index (χ3v) is 3.57. The average Bonchev–Trinajstić information content (AvgIpc) is 2.70. The van der Waals surface area contributed by atoms with Gasteiger partial charge in [-0.3, -0.25) is 14.9 Å². The minimum absolute atomic E-state index is 0.0141. The molecule has 6 nitrogen and oxygen atoms in total. The van der Waals surface area contributed by atoms with Crippen molar-refractivity contribution in [2.45, 2.75) is 38.6 Å². The Kier molecular flexibility index (Phi) is 4.68. The molecule has 1 atom stereocenters. The molecule has 0 radical (unpaired) electrons. The van der Waals surface area contributed by atoms with Crippen LogP contribution in [0.15, 0.2) is 18.2 Å². The number of hydrogen-bond donors (Lipinski definition) is 2. The Labute approximate surface area is 117 Å². The lowest BCUT2D eigenvalue weighted by molar-refractivity contribution is -0.384. The number of amides is 1. The van der Waals surface area contributed by atoms with Crippen molar-refractivity contribution in [3.8, 4) is 0 Å². The topological polar surface area (TPSA) is 84.3 Å². The summed E-state index contributed by atoms with van der Waals surface area (Å²) >= 11 is 0. The lowest BCUT2D eigenvalue weighted by Crippen LogP contribution is -2.39. The molecular formula is C14H19N3O3. The van der Waals surface area contributed by atoms with Crippen LogP contribution >= 0.6 is 0 Å². The summed E-state index contributed by atoms with van der Waals surface area (Å²) < 4.78 is 0. The monoisotopic (exact) mass is 277 g/mol. The van der Waals surface area contributed by atoms with Gasteiger partial charge in [0.2, 0.25) is 5.91 Å². The Balaban J connectivity index is 2.10. The Morgan fingerprint density at radius 1 is 1.40 bits per heavy atom. The summed E-state index contributed by atoms with van der Waals surface area (Å²) in [6.07, 6.45) is 4.05. The molecule has 1 aromatic rings. The maximum atomic E-state index is 12.2. The van der Waals surface area contributed by atoms with Gasteiger partial charge in [-0.2, -0.15) is 0 Å². The van der Waals surface area contributed by atoms with Gasteiger partial charge in [-0.15, -0.1) is 0 Å². The Morgan fingerprint density at radius 3 is 2.95 bits per heavy atom. The van der Waals surface area contributed by atoms with Crippen molar-refractivity contribution < 1.29 is 9.72 Å². The normalized spacial score (nSPS) is 19.1. The fourth-order valence-corrected chi connectivity index (χ4v) is 2.33. The van der Waals surface area contributed by atoms with Crippen molar-refractivity contribution in [3.63, 3.8) is 0 Å². The molecule has 0 spiro atoms. The number of aryl methyl sites for hydroxylation is 1. The van der Waals surface area contributed by atoms with Gasteiger partial charge in [-0.05, 0) is 31.9 Å². The molecule has 0 aromatic heterocycles. The van der Waals surface area contributed by atoms with Crippen LogP contribution in [0.4, 0.5) is 11.4 Å². The highest BCUT2D eigenvalue weighted by Crippen LogP contribution is 2.22. The van der Waals surface area contributed by atoms with E-state index in [1.54, 1.807) is 6.07 Å². The maximum absolute atomic E-state index is 12.2. The lowest BCUT2D eigenvalue weighted by Gasteiger charge is -2.16. The van der Waals surface area contributed by atoms with Gasteiger partial charge in [0.25, 0.3) is 5.69 Å². The molecule has 6 heteroatoms. The SMILES string of the molecule is Cc1ccc([N+](=O)[O-])cc1NC(=O)C1CCCCCN1. The van der Waals surface area contributed by atoms with Crippen molar-refractivity contribution in [2.75, 3.05) is 11.9 Å². The number of carbonyl (C=O) groups excluding carboxylic acids is 1. The Bertz CT molecular complexity index is 508. The molecule has 1 unspecified atom stereocenters. The zero-order valence-corrected chi connectivity index (χ0v) is 11.5. The molecule has 1 fully saturated rings. The molecule has 2 rings (SSSR count). The molecule has 0 saturated carbocycles. The number of anilines is 1. The van der Waals surface area contributed by atoms with Gasteiger partial charge < -0.3 is 10.6 Å². The summed E-state index contributed by atoms with van der Waals surface area (Å²) in [5, 5.41) is 16.8. The van der Waals surface area contributed by atoms with E-state index < -0.39 is 4.92 Å². The lowest BCUT2D eigenvalue weighted by atomic mass is 10.1. The summed E-state index contributed by atoms with van der Waals surface area (Å²) in [4.78, 5) is 22.5. The predicted octanol–water partition coefficient (Wildman–Crippen LogP) is 2.37. The molecule has 1 heterocycles. The van der Waals surface area contributed by atoms with Crippen molar-refractivity contribution in [3.05, 3.63) is 33.9 Å². The van der Waals surface area contributed by atoms with Crippen LogP contribution in [0.1, 0.15) is 31.2 Å². The van der Waals surface area contributed by atoms with E-state index in [0.29, 0.717) is 5.69 Å². The highest BCUT2D eigenvalue weighted by molar-refractivity contribution is 5.95. The van der Waals surface area contributed by atoms with Crippen LogP contribution in [0.5, 0.6) is 0 Å². The van der Waals surface area contributed by atoms with Gasteiger partial charge in [0.1, 0.15) is 0 Å². The second-order valence-corrected chi connectivity index (χ2v) is 5.10. The number of non-ortho nitro benzene ring substituents is 1. The smallest absolute Gasteiger partial charge is 0.271 e. The van der Waals surface area contributed by atoms with Crippen LogP contribution in [0.2, 0.25) is 0 Å². The molecule has 20 heavy (non-hydrogen) atoms. The third kappa shape index (κ3) is 3.54. The quantitative estimate of drug-likeness (QED) is 0.656. The molecule has 1 aliphatic heterocycles. The number of nitro groups is 1. The fraction of sp³-hybridized carbons (Fsp3) is 0.500. The second-order valence-electron chi connectivity index (χ2n) is 5.10. The van der Waals surface area contributed by atoms with Gasteiger partial charge in [-0.25, -0.2) is 0 Å². The van der Waals surface area contributed by atoms with Crippen LogP contribution in [-0.2, 0) is 4.79 Å². The number of benzene rings is 1. The van der Waals surface area contributed by atoms with E-state index in [-0.39, 0.29) is 17.6 Å². The summed E-state index contributed by atoms with van der Waals surface area (Å²) in [5.41, 5.74) is 1.31. The first-order valence-corrected chi connectivity index (χ1v) is 6.87. The third-order valence-electron chi connectivity index (χ3n) is 3.57. The standard InChI is InChI=1S/C14H19N3O3/c1-10-6-7-11(17(19)20)9-13(10)16-14(18)12-5-3-2-4-8-15-12/h6-7,9,12,15H,2-5,8H2,1H3,(H,16,18). The zero-order chi connectivity index (χ0) is 14.5. The largest absolute Gasteiger partial charge is 0.324 e. The first kappa shape index (κ1) is 14.5. The van der Waals surface area contributed by atoms with Gasteiger partial charge in [-0.1, -0.05) is 18.9 Å². The van der Waals surface area contributed by atoms with Crippen LogP contribution in [0, 0.1) is 17.0 Å². The molecule has 1 aliphatic rings. The van der Waals surface area contributed by atoms with Gasteiger partial charge in [0, 0.05) is 12.1 Å². The van der Waals surface area contributed by atoms with E-state index in [9.17, 15) is 14.9 Å². The summed E-state index contributed by atoms with van der Waals surface area (Å²) in [5.74, 6) is -0.115. The number of nitrogens with zero attached hydrogens (tertiary/aromatic N) is 1. The first-order chi connectivity index (χ1) is 9.58. The van der Waals surface area contributed by atoms with Crippen molar-refractivity contribution in [1.29, 1.82) is 0 Å². The van der Waals surface area contributed by atoms with Crippen molar-refractivity contribution in [2.24, 2.45) is 0 Å². The molecule has 0 aliphatic carbocycles. The summed E-state index contributed by atoms with van der Waals surface area (Å²) in [6.45, 7) is 2.66. The maximum Gasteiger partial charge on any atom is 0.271 e. The van der Waals surface area contributed by atoms with Crippen LogP contribution < -0.4 is 10.6 Å². The Morgan fingerprint density at radius 2 is 2.20 bits per heavy atom. The molecule has 1 amide bonds. The predicted molar refractivity (Wildman–Crippen MR) is 76.7 cm³/mol. The van der Waals surface area contributed by atoms with Crippen LogP contribution in [0.3, 0.4) is 0 Å². The van der Waals surface area contributed by atoms with E-state index in [1.807, 2.05) is 6.92 Å². The molecule has 0 bridgehead atoms. The highest BCUT2D eigenvalue weighted by Gasteiger charge is 2.20. The number of nitrogens with one attached hydrogen (secondary N) is 2. The van der Waals surface area contributed by atoms with E-state index in [1.165, 1.54) is 12.1 Å². The van der Waals surface area contributed by atoms with E-state index in [0.717, 1.165) is 37.8 Å². The zero-order valence-electron chi connectivity index (χ0n) is 11.5. The van der Waals surface area contributed by atoms with Crippen LogP contribution in [-0.4, -0.2) is 23.4 Å². The van der Waals surface area contributed by atoms with Crippen molar-refractivity contribution in [1.82, 2.24) is 5.32 Å². The number of hydrogen-bond acceptors (Lipinski definition) is 4. The minimum atomic E-state index is -0.459. The van der Waals surface area contributed by atoms with E-state index in [2.05, 4.69) is 10.6 Å². The summed E-state index contributed by atoms with van der Waals surface area (Å²) in [7, 11) is 0. The van der Waals surface area contributed by atoms with E-state index >= 15 is 0 Å². The number of nitro benzene ring substituents is 1. The van der Waals surface area contributed by atoms with Gasteiger partial charge in [0.05, 0.1) is 16.7 Å². The van der Waals surface area contributed by atoms with Crippen molar-refractivity contribution >= 4 is 17.3 Å². The molecule has 1 saturated heterocycles. The summed E-state index contributed by atoms with van der Waals surface area (Å²) in [6, 6.07) is 4.28. The van der Waals surface area contributed by atoms with Gasteiger partial charge >= 0.3 is 0 Å². The average molecular weight is 277 g/mol. The molecular weight excluding hydrogens is 258 g/mol. The first-order valence-electron chi connectivity index (χ1n) is 6.87. The molecule has 108 valence electrons. The highest BCUT2D eigenvalue weighted by atomic mass is 16.6. The number of carbonyl (C=O) groups is 1.